The molecule has 17 heavy (non-hydrogen) atoms. The van der Waals surface area contributed by atoms with E-state index in [-0.39, 0.29) is 11.8 Å². The van der Waals surface area contributed by atoms with Crippen LogP contribution in [0.4, 0.5) is 0 Å². The Morgan fingerprint density at radius 3 is 2.71 bits per heavy atom. The highest BCUT2D eigenvalue weighted by Crippen LogP contribution is 2.23. The second-order valence-corrected chi connectivity index (χ2v) is 5.04. The molecule has 0 saturated carbocycles. The van der Waals surface area contributed by atoms with Gasteiger partial charge in [-0.15, -0.1) is 0 Å². The number of amides is 1. The molecule has 0 aromatic heterocycles. The summed E-state index contributed by atoms with van der Waals surface area (Å²) in [6.45, 7) is 4.48. The molecule has 0 spiro atoms. The van der Waals surface area contributed by atoms with E-state index < -0.39 is 0 Å². The van der Waals surface area contributed by atoms with Crippen molar-refractivity contribution in [3.63, 3.8) is 0 Å². The van der Waals surface area contributed by atoms with Gasteiger partial charge in [-0.3, -0.25) is 4.79 Å². The Labute approximate surface area is 110 Å². The number of carbonyl (C=O) groups excluding carboxylic acids is 1. The summed E-state index contributed by atoms with van der Waals surface area (Å²) >= 11 is 3.48. The van der Waals surface area contributed by atoms with Gasteiger partial charge in [-0.25, -0.2) is 5.01 Å². The van der Waals surface area contributed by atoms with E-state index in [1.54, 1.807) is 5.01 Å². The van der Waals surface area contributed by atoms with Gasteiger partial charge in [0.25, 0.3) is 5.91 Å². The molecule has 3 nitrogen and oxygen atoms in total. The summed E-state index contributed by atoms with van der Waals surface area (Å²) in [5, 5.41) is 5.91. The van der Waals surface area contributed by atoms with Crippen LogP contribution in [-0.4, -0.2) is 16.6 Å². The van der Waals surface area contributed by atoms with Gasteiger partial charge in [0.1, 0.15) is 0 Å². The van der Waals surface area contributed by atoms with Crippen LogP contribution in [0.15, 0.2) is 33.8 Å². The predicted octanol–water partition coefficient (Wildman–Crippen LogP) is 3.19. The van der Waals surface area contributed by atoms with Gasteiger partial charge in [-0.1, -0.05) is 41.1 Å². The van der Waals surface area contributed by atoms with Crippen molar-refractivity contribution in [2.75, 3.05) is 0 Å². The lowest BCUT2D eigenvalue weighted by Crippen LogP contribution is -2.26. The van der Waals surface area contributed by atoms with Crippen molar-refractivity contribution < 1.29 is 4.79 Å². The molecular weight excluding hydrogens is 280 g/mol. The number of hydrazone groups is 1. The van der Waals surface area contributed by atoms with Gasteiger partial charge in [0.2, 0.25) is 0 Å². The average Bonchev–Trinajstić information content (AvgIpc) is 2.57. The minimum Gasteiger partial charge on any atom is -0.272 e. The summed E-state index contributed by atoms with van der Waals surface area (Å²) < 4.78 is 1.01. The summed E-state index contributed by atoms with van der Waals surface area (Å²) in [5.41, 5.74) is 2.00. The van der Waals surface area contributed by atoms with Crippen molar-refractivity contribution in [1.29, 1.82) is 0 Å². The van der Waals surface area contributed by atoms with Crippen molar-refractivity contribution in [1.82, 2.24) is 5.01 Å². The number of benzene rings is 1. The molecule has 2 rings (SSSR count). The fraction of sp³-hybridized carbons (Fsp3) is 0.385. The second-order valence-electron chi connectivity index (χ2n) is 4.19. The molecule has 90 valence electrons. The highest BCUT2D eigenvalue weighted by Gasteiger charge is 2.31. The summed E-state index contributed by atoms with van der Waals surface area (Å²) in [4.78, 5) is 12.1. The minimum absolute atomic E-state index is 0.0301. The Morgan fingerprint density at radius 2 is 2.12 bits per heavy atom. The number of rotatable bonds is 3. The molecule has 1 aliphatic rings. The predicted molar refractivity (Wildman–Crippen MR) is 71.6 cm³/mol. The van der Waals surface area contributed by atoms with Crippen LogP contribution in [0.3, 0.4) is 0 Å². The van der Waals surface area contributed by atoms with E-state index in [4.69, 9.17) is 0 Å². The molecule has 1 aromatic rings. The molecule has 4 heteroatoms. The van der Waals surface area contributed by atoms with Gasteiger partial charge in [0.05, 0.1) is 12.5 Å². The molecule has 0 radical (unpaired) electrons. The van der Waals surface area contributed by atoms with Gasteiger partial charge >= 0.3 is 0 Å². The van der Waals surface area contributed by atoms with Crippen LogP contribution in [0.5, 0.6) is 0 Å². The normalized spacial score (nSPS) is 19.7. The van der Waals surface area contributed by atoms with E-state index in [0.717, 1.165) is 22.2 Å². The summed E-state index contributed by atoms with van der Waals surface area (Å²) in [6.07, 6.45) is 0.820. The first-order chi connectivity index (χ1) is 8.13. The van der Waals surface area contributed by atoms with E-state index >= 15 is 0 Å². The van der Waals surface area contributed by atoms with Gasteiger partial charge in [-0.2, -0.15) is 5.10 Å². The molecule has 1 atom stereocenters. The van der Waals surface area contributed by atoms with Crippen LogP contribution in [0.25, 0.3) is 0 Å². The molecule has 0 N–H and O–H groups in total. The Balaban J connectivity index is 2.17. The zero-order valence-corrected chi connectivity index (χ0v) is 11.6. The number of hydrogen-bond acceptors (Lipinski definition) is 2. The lowest BCUT2D eigenvalue weighted by atomic mass is 10.0. The van der Waals surface area contributed by atoms with Crippen LogP contribution in [0, 0.1) is 5.92 Å². The Kier molecular flexibility index (Phi) is 3.62. The summed E-state index contributed by atoms with van der Waals surface area (Å²) in [6, 6.07) is 7.91. The largest absolute Gasteiger partial charge is 0.272 e. The molecule has 0 bridgehead atoms. The molecular formula is C13H15BrN2O. The number of carbonyl (C=O) groups is 1. The molecule has 0 fully saturated rings. The zero-order valence-electron chi connectivity index (χ0n) is 9.98. The maximum absolute atomic E-state index is 12.1. The van der Waals surface area contributed by atoms with Gasteiger partial charge in [0, 0.05) is 10.2 Å². The number of hydrogen-bond donors (Lipinski definition) is 0. The van der Waals surface area contributed by atoms with Crippen LogP contribution >= 0.6 is 15.9 Å². The highest BCUT2D eigenvalue weighted by molar-refractivity contribution is 9.10. The number of halogens is 1. The quantitative estimate of drug-likeness (QED) is 0.843. The van der Waals surface area contributed by atoms with Gasteiger partial charge < -0.3 is 0 Å². The van der Waals surface area contributed by atoms with Crippen LogP contribution in [0.1, 0.15) is 25.8 Å². The first-order valence-corrected chi connectivity index (χ1v) is 6.52. The van der Waals surface area contributed by atoms with E-state index in [0.29, 0.717) is 6.54 Å². The van der Waals surface area contributed by atoms with Crippen LogP contribution < -0.4 is 0 Å². The maximum atomic E-state index is 12.1. The van der Waals surface area contributed by atoms with Gasteiger partial charge in [0.15, 0.2) is 0 Å². The smallest absolute Gasteiger partial charge is 0.251 e. The van der Waals surface area contributed by atoms with E-state index in [9.17, 15) is 4.79 Å². The second kappa shape index (κ2) is 5.00. The Bertz CT molecular complexity index is 470. The third-order valence-electron chi connectivity index (χ3n) is 3.02. The highest BCUT2D eigenvalue weighted by atomic mass is 79.9. The third-order valence-corrected chi connectivity index (χ3v) is 3.80. The molecule has 0 aliphatic carbocycles. The van der Waals surface area contributed by atoms with Crippen LogP contribution in [-0.2, 0) is 11.3 Å². The SMILES string of the molecule is CCC1C(=O)N(Cc2ccccc2Br)N=C1C. The Morgan fingerprint density at radius 1 is 1.41 bits per heavy atom. The molecule has 1 aromatic carbocycles. The fourth-order valence-corrected chi connectivity index (χ4v) is 2.45. The maximum Gasteiger partial charge on any atom is 0.251 e. The van der Waals surface area contributed by atoms with E-state index in [1.807, 2.05) is 38.1 Å². The van der Waals surface area contributed by atoms with E-state index in [1.165, 1.54) is 0 Å². The first-order valence-electron chi connectivity index (χ1n) is 5.73. The standard InChI is InChI=1S/C13H15BrN2O/c1-3-11-9(2)15-16(13(11)17)8-10-6-4-5-7-12(10)14/h4-7,11H,3,8H2,1-2H3. The molecule has 1 aliphatic heterocycles. The lowest BCUT2D eigenvalue weighted by Gasteiger charge is -2.14. The molecule has 1 heterocycles. The van der Waals surface area contributed by atoms with Crippen molar-refractivity contribution in [3.8, 4) is 0 Å². The molecule has 0 saturated heterocycles. The van der Waals surface area contributed by atoms with Gasteiger partial charge in [-0.05, 0) is 25.0 Å². The van der Waals surface area contributed by atoms with Crippen molar-refractivity contribution in [2.24, 2.45) is 11.0 Å². The topological polar surface area (TPSA) is 32.7 Å². The summed E-state index contributed by atoms with van der Waals surface area (Å²) in [7, 11) is 0. The van der Waals surface area contributed by atoms with Crippen molar-refractivity contribution >= 4 is 27.5 Å². The lowest BCUT2D eigenvalue weighted by molar-refractivity contribution is -0.132. The Hall–Kier alpha value is -1.16. The third kappa shape index (κ3) is 2.41. The zero-order chi connectivity index (χ0) is 12.4. The number of nitrogens with zero attached hydrogens (tertiary/aromatic N) is 2. The monoisotopic (exact) mass is 294 g/mol. The summed E-state index contributed by atoms with van der Waals surface area (Å²) in [5.74, 6) is 0.0817. The molecule has 1 unspecified atom stereocenters. The van der Waals surface area contributed by atoms with E-state index in [2.05, 4.69) is 21.0 Å². The average molecular weight is 295 g/mol. The molecule has 1 amide bonds. The van der Waals surface area contributed by atoms with Crippen molar-refractivity contribution in [3.05, 3.63) is 34.3 Å². The van der Waals surface area contributed by atoms with Crippen molar-refractivity contribution in [2.45, 2.75) is 26.8 Å². The fourth-order valence-electron chi connectivity index (χ4n) is 2.04. The van der Waals surface area contributed by atoms with Crippen LogP contribution in [0.2, 0.25) is 0 Å². The first kappa shape index (κ1) is 12.3. The minimum atomic E-state index is -0.0301.